The van der Waals surface area contributed by atoms with Crippen molar-refractivity contribution in [1.29, 1.82) is 0 Å². The minimum Gasteiger partial charge on any atom is -0.496 e. The molecule has 2 aromatic rings. The molecule has 26 heavy (non-hydrogen) atoms. The molecule has 0 aliphatic heterocycles. The molecule has 0 saturated heterocycles. The first-order valence-corrected chi connectivity index (χ1v) is 9.32. The fourth-order valence-electron chi connectivity index (χ4n) is 1.98. The maximum absolute atomic E-state index is 12.1. The van der Waals surface area contributed by atoms with E-state index in [2.05, 4.69) is 21.2 Å². The van der Waals surface area contributed by atoms with Gasteiger partial charge in [-0.3, -0.25) is 9.59 Å². The van der Waals surface area contributed by atoms with Crippen molar-refractivity contribution in [2.75, 3.05) is 26.5 Å². The van der Waals surface area contributed by atoms with Crippen LogP contribution in [0.15, 0.2) is 57.9 Å². The van der Waals surface area contributed by atoms with E-state index in [-0.39, 0.29) is 11.1 Å². The summed E-state index contributed by atoms with van der Waals surface area (Å²) in [5.74, 6) is 0.431. The van der Waals surface area contributed by atoms with Crippen molar-refractivity contribution in [2.45, 2.75) is 4.90 Å². The summed E-state index contributed by atoms with van der Waals surface area (Å²) in [5, 5.41) is 2.74. The van der Waals surface area contributed by atoms with E-state index in [0.717, 1.165) is 26.7 Å². The Balaban J connectivity index is 1.99. The Morgan fingerprint density at radius 2 is 1.85 bits per heavy atom. The summed E-state index contributed by atoms with van der Waals surface area (Å²) in [7, 11) is 4.99. The molecule has 2 aromatic carbocycles. The van der Waals surface area contributed by atoms with Crippen molar-refractivity contribution in [3.05, 3.63) is 58.6 Å². The van der Waals surface area contributed by atoms with E-state index in [0.29, 0.717) is 11.4 Å². The number of amides is 2. The van der Waals surface area contributed by atoms with E-state index >= 15 is 0 Å². The highest BCUT2D eigenvalue weighted by atomic mass is 79.9. The lowest BCUT2D eigenvalue weighted by Crippen LogP contribution is -2.16. The zero-order valence-electron chi connectivity index (χ0n) is 14.7. The summed E-state index contributed by atoms with van der Waals surface area (Å²) < 4.78 is 6.18. The topological polar surface area (TPSA) is 58.6 Å². The number of hydrogen-bond acceptors (Lipinski definition) is 4. The predicted molar refractivity (Wildman–Crippen MR) is 110 cm³/mol. The maximum atomic E-state index is 12.1. The van der Waals surface area contributed by atoms with Gasteiger partial charge >= 0.3 is 0 Å². The third-order valence-electron chi connectivity index (χ3n) is 3.30. The summed E-state index contributed by atoms with van der Waals surface area (Å²) in [6.07, 6.45) is 3.14. The van der Waals surface area contributed by atoms with Crippen LogP contribution < -0.4 is 10.1 Å². The minimum absolute atomic E-state index is 0.0484. The van der Waals surface area contributed by atoms with Crippen LogP contribution in [-0.4, -0.2) is 37.3 Å². The number of nitrogens with one attached hydrogen (secondary N) is 1. The van der Waals surface area contributed by atoms with Crippen LogP contribution >= 0.6 is 27.7 Å². The quantitative estimate of drug-likeness (QED) is 0.537. The number of hydrogen-bond donors (Lipinski definition) is 1. The monoisotopic (exact) mass is 434 g/mol. The molecule has 0 bridgehead atoms. The van der Waals surface area contributed by atoms with Crippen LogP contribution in [0, 0.1) is 0 Å². The fraction of sp³-hybridized carbons (Fsp3) is 0.158. The van der Waals surface area contributed by atoms with Gasteiger partial charge < -0.3 is 15.0 Å². The lowest BCUT2D eigenvalue weighted by molar-refractivity contribution is -0.111. The molecule has 0 saturated carbocycles. The third-order valence-corrected chi connectivity index (χ3v) is 4.84. The van der Waals surface area contributed by atoms with Gasteiger partial charge in [0.15, 0.2) is 0 Å². The summed E-state index contributed by atoms with van der Waals surface area (Å²) in [6, 6.07) is 12.7. The first-order chi connectivity index (χ1) is 12.4. The number of thioether (sulfide) groups is 1. The number of benzene rings is 2. The van der Waals surface area contributed by atoms with Crippen LogP contribution in [0.4, 0.5) is 10.5 Å². The van der Waals surface area contributed by atoms with Gasteiger partial charge in [0.25, 0.3) is 5.24 Å². The number of methoxy groups -OCH3 is 1. The number of anilines is 1. The predicted octanol–water partition coefficient (Wildman–Crippen LogP) is 4.88. The highest BCUT2D eigenvalue weighted by molar-refractivity contribution is 9.10. The molecule has 0 radical (unpaired) electrons. The average Bonchev–Trinajstić information content (AvgIpc) is 2.61. The summed E-state index contributed by atoms with van der Waals surface area (Å²) in [5.41, 5.74) is 1.45. The molecule has 0 heterocycles. The second-order valence-corrected chi connectivity index (χ2v) is 7.44. The zero-order valence-corrected chi connectivity index (χ0v) is 17.1. The Bertz CT molecular complexity index is 820. The van der Waals surface area contributed by atoms with Gasteiger partial charge in [0.2, 0.25) is 5.91 Å². The first-order valence-electron chi connectivity index (χ1n) is 7.71. The van der Waals surface area contributed by atoms with Crippen molar-refractivity contribution in [1.82, 2.24) is 4.90 Å². The molecule has 0 aliphatic carbocycles. The molecule has 1 N–H and O–H groups in total. The highest BCUT2D eigenvalue weighted by Crippen LogP contribution is 2.24. The van der Waals surface area contributed by atoms with E-state index in [1.54, 1.807) is 51.5 Å². The van der Waals surface area contributed by atoms with E-state index < -0.39 is 0 Å². The first kappa shape index (κ1) is 20.1. The van der Waals surface area contributed by atoms with Gasteiger partial charge in [-0.1, -0.05) is 15.9 Å². The van der Waals surface area contributed by atoms with E-state index in [1.165, 1.54) is 11.0 Å². The highest BCUT2D eigenvalue weighted by Gasteiger charge is 2.07. The second-order valence-electron chi connectivity index (χ2n) is 5.50. The Morgan fingerprint density at radius 1 is 1.15 bits per heavy atom. The van der Waals surface area contributed by atoms with Gasteiger partial charge in [-0.05, 0) is 60.3 Å². The number of nitrogens with zero attached hydrogens (tertiary/aromatic N) is 1. The Hall–Kier alpha value is -2.25. The smallest absolute Gasteiger partial charge is 0.285 e. The molecule has 5 nitrogen and oxygen atoms in total. The van der Waals surface area contributed by atoms with E-state index in [9.17, 15) is 9.59 Å². The SMILES string of the molecule is COc1ccc(Br)cc1/C=C/C(=O)Nc1ccc(SC(=O)N(C)C)cc1. The molecule has 7 heteroatoms. The average molecular weight is 435 g/mol. The Kier molecular flexibility index (Phi) is 7.29. The summed E-state index contributed by atoms with van der Waals surface area (Å²) in [4.78, 5) is 26.1. The molecule has 0 atom stereocenters. The van der Waals surface area contributed by atoms with Gasteiger partial charge in [0, 0.05) is 40.8 Å². The van der Waals surface area contributed by atoms with Crippen LogP contribution in [0.5, 0.6) is 5.75 Å². The standard InChI is InChI=1S/C19H19BrN2O3S/c1-22(2)19(24)26-16-8-6-15(7-9-16)21-18(23)11-4-13-12-14(20)5-10-17(13)25-3/h4-12H,1-3H3,(H,21,23)/b11-4+. The summed E-state index contributed by atoms with van der Waals surface area (Å²) in [6.45, 7) is 0. The van der Waals surface area contributed by atoms with Gasteiger partial charge in [-0.15, -0.1) is 0 Å². The largest absolute Gasteiger partial charge is 0.496 e. The molecule has 2 amide bonds. The lowest BCUT2D eigenvalue weighted by atomic mass is 10.2. The van der Waals surface area contributed by atoms with Gasteiger partial charge in [0.05, 0.1) is 7.11 Å². The normalized spacial score (nSPS) is 10.6. The van der Waals surface area contributed by atoms with Crippen molar-refractivity contribution >= 4 is 50.6 Å². The molecule has 0 aromatic heterocycles. The molecule has 0 unspecified atom stereocenters. The van der Waals surface area contributed by atoms with Crippen LogP contribution in [0.25, 0.3) is 6.08 Å². The van der Waals surface area contributed by atoms with Crippen LogP contribution in [0.3, 0.4) is 0 Å². The fourth-order valence-corrected chi connectivity index (χ4v) is 3.02. The van der Waals surface area contributed by atoms with Gasteiger partial charge in [0.1, 0.15) is 5.75 Å². The van der Waals surface area contributed by atoms with Crippen molar-refractivity contribution in [3.63, 3.8) is 0 Å². The maximum Gasteiger partial charge on any atom is 0.285 e. The second kappa shape index (κ2) is 9.45. The number of carbonyl (C=O) groups excluding carboxylic acids is 2. The van der Waals surface area contributed by atoms with E-state index in [4.69, 9.17) is 4.74 Å². The Labute approximate surface area is 165 Å². The van der Waals surface area contributed by atoms with Crippen LogP contribution in [-0.2, 0) is 4.79 Å². The van der Waals surface area contributed by atoms with E-state index in [1.807, 2.05) is 18.2 Å². The van der Waals surface area contributed by atoms with Gasteiger partial charge in [-0.2, -0.15) is 0 Å². The number of carbonyl (C=O) groups is 2. The molecule has 0 spiro atoms. The van der Waals surface area contributed by atoms with Gasteiger partial charge in [-0.25, -0.2) is 0 Å². The zero-order chi connectivity index (χ0) is 19.1. The molecule has 0 aliphatic rings. The molecular weight excluding hydrogens is 416 g/mol. The lowest BCUT2D eigenvalue weighted by Gasteiger charge is -2.09. The third kappa shape index (κ3) is 5.93. The van der Waals surface area contributed by atoms with Crippen molar-refractivity contribution < 1.29 is 14.3 Å². The molecular formula is C19H19BrN2O3S. The minimum atomic E-state index is -0.253. The number of rotatable bonds is 5. The van der Waals surface area contributed by atoms with Crippen molar-refractivity contribution in [3.8, 4) is 5.75 Å². The number of halogens is 1. The van der Waals surface area contributed by atoms with Crippen LogP contribution in [0.1, 0.15) is 5.56 Å². The molecule has 0 fully saturated rings. The van der Waals surface area contributed by atoms with Crippen LogP contribution in [0.2, 0.25) is 0 Å². The summed E-state index contributed by atoms with van der Waals surface area (Å²) >= 11 is 4.53. The van der Waals surface area contributed by atoms with Crippen molar-refractivity contribution in [2.24, 2.45) is 0 Å². The Morgan fingerprint density at radius 3 is 2.46 bits per heavy atom. The molecule has 136 valence electrons. The molecule has 2 rings (SSSR count). The number of ether oxygens (including phenoxy) is 1.